The summed E-state index contributed by atoms with van der Waals surface area (Å²) >= 11 is 0. The molecule has 0 spiro atoms. The number of carboxylic acid groups (broad SMARTS) is 1. The number of rotatable bonds is 5. The molecule has 2 rings (SSSR count). The van der Waals surface area contributed by atoms with Gasteiger partial charge in [-0.25, -0.2) is 0 Å². The van der Waals surface area contributed by atoms with Gasteiger partial charge >= 0.3 is 12.1 Å². The van der Waals surface area contributed by atoms with Crippen LogP contribution in [0.1, 0.15) is 30.9 Å². The van der Waals surface area contributed by atoms with Gasteiger partial charge in [-0.1, -0.05) is 19.1 Å². The summed E-state index contributed by atoms with van der Waals surface area (Å²) in [5.74, 6) is -1.85. The minimum atomic E-state index is -4.37. The van der Waals surface area contributed by atoms with E-state index in [4.69, 9.17) is 5.11 Å². The Kier molecular flexibility index (Phi) is 4.97. The summed E-state index contributed by atoms with van der Waals surface area (Å²) in [6, 6.07) is 4.62. The first kappa shape index (κ1) is 17.3. The van der Waals surface area contributed by atoms with E-state index in [0.29, 0.717) is 24.8 Å². The van der Waals surface area contributed by atoms with Crippen LogP contribution in [-0.2, 0) is 22.2 Å². The van der Waals surface area contributed by atoms with Gasteiger partial charge in [0, 0.05) is 12.0 Å². The molecule has 7 heteroatoms. The van der Waals surface area contributed by atoms with Gasteiger partial charge in [-0.05, 0) is 37.0 Å². The number of carbonyl (C=O) groups is 2. The van der Waals surface area contributed by atoms with E-state index >= 15 is 0 Å². The molecule has 1 saturated carbocycles. The molecule has 0 heterocycles. The predicted octanol–water partition coefficient (Wildman–Crippen LogP) is 2.86. The highest BCUT2D eigenvalue weighted by molar-refractivity contribution is 5.79. The Hall–Kier alpha value is -2.05. The van der Waals surface area contributed by atoms with Crippen LogP contribution in [0.5, 0.6) is 0 Å². The minimum Gasteiger partial charge on any atom is -0.481 e. The van der Waals surface area contributed by atoms with E-state index in [9.17, 15) is 22.8 Å². The van der Waals surface area contributed by atoms with Gasteiger partial charge in [0.2, 0.25) is 5.91 Å². The van der Waals surface area contributed by atoms with E-state index in [1.807, 2.05) is 0 Å². The molecule has 1 aromatic carbocycles. The largest absolute Gasteiger partial charge is 0.481 e. The molecule has 4 nitrogen and oxygen atoms in total. The van der Waals surface area contributed by atoms with Crippen LogP contribution in [0.15, 0.2) is 24.3 Å². The molecule has 0 saturated heterocycles. The van der Waals surface area contributed by atoms with Crippen molar-refractivity contribution in [3.8, 4) is 0 Å². The van der Waals surface area contributed by atoms with Crippen molar-refractivity contribution in [3.63, 3.8) is 0 Å². The second kappa shape index (κ2) is 6.60. The van der Waals surface area contributed by atoms with Crippen molar-refractivity contribution in [3.05, 3.63) is 35.4 Å². The first-order chi connectivity index (χ1) is 10.7. The number of alkyl halides is 3. The fourth-order valence-corrected chi connectivity index (χ4v) is 2.56. The molecule has 126 valence electrons. The lowest BCUT2D eigenvalue weighted by Crippen LogP contribution is -2.48. The SMILES string of the molecule is CC(Cc1ccc(C(F)(F)F)cc1)C(=O)NC1CC(C(=O)O)C1. The van der Waals surface area contributed by atoms with Crippen LogP contribution in [0.25, 0.3) is 0 Å². The molecule has 0 aromatic heterocycles. The number of halogens is 3. The third-order valence-electron chi connectivity index (χ3n) is 4.10. The second-order valence-electron chi connectivity index (χ2n) is 6.01. The number of nitrogens with one attached hydrogen (secondary N) is 1. The van der Waals surface area contributed by atoms with E-state index in [2.05, 4.69) is 5.32 Å². The summed E-state index contributed by atoms with van der Waals surface area (Å²) in [7, 11) is 0. The van der Waals surface area contributed by atoms with Crippen LogP contribution in [0.3, 0.4) is 0 Å². The van der Waals surface area contributed by atoms with Crippen molar-refractivity contribution < 1.29 is 27.9 Å². The maximum absolute atomic E-state index is 12.5. The Bertz CT molecular complexity index is 577. The average molecular weight is 329 g/mol. The normalized spacial score (nSPS) is 22.1. The Labute approximate surface area is 131 Å². The van der Waals surface area contributed by atoms with Gasteiger partial charge in [0.05, 0.1) is 11.5 Å². The first-order valence-corrected chi connectivity index (χ1v) is 7.36. The molecule has 1 aromatic rings. The molecule has 0 bridgehead atoms. The maximum atomic E-state index is 12.5. The Morgan fingerprint density at radius 2 is 1.83 bits per heavy atom. The number of aliphatic carboxylic acids is 1. The molecule has 23 heavy (non-hydrogen) atoms. The van der Waals surface area contributed by atoms with Crippen LogP contribution >= 0.6 is 0 Å². The molecule has 1 unspecified atom stereocenters. The Morgan fingerprint density at radius 1 is 1.26 bits per heavy atom. The summed E-state index contributed by atoms with van der Waals surface area (Å²) in [4.78, 5) is 22.7. The maximum Gasteiger partial charge on any atom is 0.416 e. The molecular weight excluding hydrogens is 311 g/mol. The number of carboxylic acids is 1. The summed E-state index contributed by atoms with van der Waals surface area (Å²) in [6.45, 7) is 1.69. The molecule has 1 atom stereocenters. The highest BCUT2D eigenvalue weighted by atomic mass is 19.4. The third kappa shape index (κ3) is 4.46. The van der Waals surface area contributed by atoms with Gasteiger partial charge < -0.3 is 10.4 Å². The lowest BCUT2D eigenvalue weighted by Gasteiger charge is -2.33. The lowest BCUT2D eigenvalue weighted by molar-refractivity contribution is -0.146. The predicted molar refractivity (Wildman–Crippen MR) is 76.6 cm³/mol. The van der Waals surface area contributed by atoms with Gasteiger partial charge in [0.15, 0.2) is 0 Å². The van der Waals surface area contributed by atoms with Crippen LogP contribution in [-0.4, -0.2) is 23.0 Å². The zero-order valence-electron chi connectivity index (χ0n) is 12.6. The molecule has 1 aliphatic carbocycles. The molecular formula is C16H18F3NO3. The number of carbonyl (C=O) groups excluding carboxylic acids is 1. The van der Waals surface area contributed by atoms with Crippen LogP contribution < -0.4 is 5.32 Å². The number of hydrogen-bond donors (Lipinski definition) is 2. The quantitative estimate of drug-likeness (QED) is 0.873. The molecule has 0 aliphatic heterocycles. The summed E-state index contributed by atoms with van der Waals surface area (Å²) in [5.41, 5.74) is -0.0646. The average Bonchev–Trinajstić information content (AvgIpc) is 2.41. The fraction of sp³-hybridized carbons (Fsp3) is 0.500. The monoisotopic (exact) mass is 329 g/mol. The Morgan fingerprint density at radius 3 is 2.30 bits per heavy atom. The zero-order valence-corrected chi connectivity index (χ0v) is 12.6. The van der Waals surface area contributed by atoms with Gasteiger partial charge in [0.1, 0.15) is 0 Å². The number of hydrogen-bond acceptors (Lipinski definition) is 2. The number of amides is 1. The Balaban J connectivity index is 1.83. The van der Waals surface area contributed by atoms with Crippen molar-refractivity contribution in [1.82, 2.24) is 5.32 Å². The molecule has 0 radical (unpaired) electrons. The van der Waals surface area contributed by atoms with Crippen LogP contribution in [0.2, 0.25) is 0 Å². The van der Waals surface area contributed by atoms with E-state index in [0.717, 1.165) is 12.1 Å². The summed E-state index contributed by atoms with van der Waals surface area (Å²) in [6.07, 6.45) is -3.19. The summed E-state index contributed by atoms with van der Waals surface area (Å²) < 4.78 is 37.4. The van der Waals surface area contributed by atoms with Crippen molar-refractivity contribution in [2.45, 2.75) is 38.4 Å². The molecule has 1 amide bonds. The van der Waals surface area contributed by atoms with E-state index < -0.39 is 29.5 Å². The lowest BCUT2D eigenvalue weighted by atomic mass is 9.80. The van der Waals surface area contributed by atoms with Crippen molar-refractivity contribution >= 4 is 11.9 Å². The highest BCUT2D eigenvalue weighted by Crippen LogP contribution is 2.30. The summed E-state index contributed by atoms with van der Waals surface area (Å²) in [5, 5.41) is 11.6. The van der Waals surface area contributed by atoms with Gasteiger partial charge in [-0.2, -0.15) is 13.2 Å². The smallest absolute Gasteiger partial charge is 0.416 e. The van der Waals surface area contributed by atoms with Crippen molar-refractivity contribution in [1.29, 1.82) is 0 Å². The molecule has 2 N–H and O–H groups in total. The van der Waals surface area contributed by atoms with Crippen LogP contribution in [0.4, 0.5) is 13.2 Å². The van der Waals surface area contributed by atoms with E-state index in [-0.39, 0.29) is 11.9 Å². The highest BCUT2D eigenvalue weighted by Gasteiger charge is 2.35. The van der Waals surface area contributed by atoms with Crippen molar-refractivity contribution in [2.24, 2.45) is 11.8 Å². The fourth-order valence-electron chi connectivity index (χ4n) is 2.56. The van der Waals surface area contributed by atoms with Crippen LogP contribution in [0, 0.1) is 11.8 Å². The topological polar surface area (TPSA) is 66.4 Å². The molecule has 1 fully saturated rings. The van der Waals surface area contributed by atoms with Gasteiger partial charge in [-0.3, -0.25) is 9.59 Å². The van der Waals surface area contributed by atoms with Gasteiger partial charge in [0.25, 0.3) is 0 Å². The van der Waals surface area contributed by atoms with Crippen molar-refractivity contribution in [2.75, 3.05) is 0 Å². The standard InChI is InChI=1S/C16H18F3NO3/c1-9(14(21)20-13-7-11(8-13)15(22)23)6-10-2-4-12(5-3-10)16(17,18)19/h2-5,9,11,13H,6-8H2,1H3,(H,20,21)(H,22,23). The van der Waals surface area contributed by atoms with E-state index in [1.54, 1.807) is 6.92 Å². The molecule has 1 aliphatic rings. The second-order valence-corrected chi connectivity index (χ2v) is 6.01. The minimum absolute atomic E-state index is 0.126. The first-order valence-electron chi connectivity index (χ1n) is 7.36. The third-order valence-corrected chi connectivity index (χ3v) is 4.10. The zero-order chi connectivity index (χ0) is 17.2. The van der Waals surface area contributed by atoms with E-state index in [1.165, 1.54) is 12.1 Å². The number of benzene rings is 1. The van der Waals surface area contributed by atoms with Gasteiger partial charge in [-0.15, -0.1) is 0 Å².